The molecule has 4 rings (SSSR count). The van der Waals surface area contributed by atoms with Crippen LogP contribution in [-0.2, 0) is 4.74 Å². The molecule has 164 valence electrons. The van der Waals surface area contributed by atoms with Gasteiger partial charge in [0.2, 0.25) is 0 Å². The first kappa shape index (κ1) is 21.8. The number of aliphatic hydroxyl groups excluding tert-OH is 1. The molecule has 3 fully saturated rings. The maximum Gasteiger partial charge on any atom is 0.0593 e. The van der Waals surface area contributed by atoms with Crippen LogP contribution in [0.1, 0.15) is 62.5 Å². The average molecular weight is 411 g/mol. The minimum atomic E-state index is 0.249. The van der Waals surface area contributed by atoms with Crippen LogP contribution < -0.4 is 0 Å². The Kier molecular flexibility index (Phi) is 7.84. The Bertz CT molecular complexity index is 717. The number of fused-ring (bicyclic) bond motifs is 1. The van der Waals surface area contributed by atoms with Crippen molar-refractivity contribution in [2.24, 2.45) is 5.92 Å². The largest absolute Gasteiger partial charge is 0.395 e. The smallest absolute Gasteiger partial charge is 0.0593 e. The van der Waals surface area contributed by atoms with E-state index < -0.39 is 0 Å². The fraction of sp³-hybridized carbons (Fsp3) is 0.692. The van der Waals surface area contributed by atoms with Crippen molar-refractivity contribution < 1.29 is 9.84 Å². The first-order valence-corrected chi connectivity index (χ1v) is 12.1. The van der Waals surface area contributed by atoms with Gasteiger partial charge < -0.3 is 14.7 Å². The Morgan fingerprint density at radius 2 is 1.87 bits per heavy atom. The van der Waals surface area contributed by atoms with Gasteiger partial charge in [0.25, 0.3) is 0 Å². The normalized spacial score (nSPS) is 28.5. The van der Waals surface area contributed by atoms with E-state index in [0.29, 0.717) is 12.0 Å². The third-order valence-electron chi connectivity index (χ3n) is 7.21. The summed E-state index contributed by atoms with van der Waals surface area (Å²) in [7, 11) is 0. The van der Waals surface area contributed by atoms with E-state index in [-0.39, 0.29) is 12.6 Å². The lowest BCUT2D eigenvalue weighted by Gasteiger charge is -2.57. The SMILES string of the molecule is CCCC#Cc1ccc([C@@H]2[C@@H](CO)N3CCCCN(CC4CCOCC4)C[C@@H]23)cc1. The van der Waals surface area contributed by atoms with Gasteiger partial charge >= 0.3 is 0 Å². The Morgan fingerprint density at radius 3 is 2.60 bits per heavy atom. The summed E-state index contributed by atoms with van der Waals surface area (Å²) in [6.45, 7) is 8.93. The quantitative estimate of drug-likeness (QED) is 0.754. The first-order valence-electron chi connectivity index (χ1n) is 12.1. The molecule has 4 nitrogen and oxygen atoms in total. The second-order valence-corrected chi connectivity index (χ2v) is 9.28. The van der Waals surface area contributed by atoms with Crippen molar-refractivity contribution in [2.45, 2.75) is 63.5 Å². The highest BCUT2D eigenvalue weighted by atomic mass is 16.5. The van der Waals surface area contributed by atoms with Crippen LogP contribution >= 0.6 is 0 Å². The van der Waals surface area contributed by atoms with Gasteiger partial charge in [0.1, 0.15) is 0 Å². The maximum atomic E-state index is 10.2. The molecule has 1 aromatic rings. The summed E-state index contributed by atoms with van der Waals surface area (Å²) in [5, 5.41) is 10.2. The number of hydrogen-bond acceptors (Lipinski definition) is 4. The van der Waals surface area contributed by atoms with Crippen molar-refractivity contribution in [2.75, 3.05) is 46.0 Å². The van der Waals surface area contributed by atoms with Crippen molar-refractivity contribution in [1.29, 1.82) is 0 Å². The third kappa shape index (κ3) is 5.08. The van der Waals surface area contributed by atoms with Crippen LogP contribution in [0.2, 0.25) is 0 Å². The van der Waals surface area contributed by atoms with Crippen LogP contribution in [0.5, 0.6) is 0 Å². The summed E-state index contributed by atoms with van der Waals surface area (Å²) in [4.78, 5) is 5.29. The van der Waals surface area contributed by atoms with Crippen LogP contribution in [0.25, 0.3) is 0 Å². The zero-order valence-electron chi connectivity index (χ0n) is 18.6. The van der Waals surface area contributed by atoms with Crippen LogP contribution in [-0.4, -0.2) is 73.0 Å². The predicted octanol–water partition coefficient (Wildman–Crippen LogP) is 3.49. The maximum absolute atomic E-state index is 10.2. The molecule has 0 spiro atoms. The highest BCUT2D eigenvalue weighted by Gasteiger charge is 2.49. The lowest BCUT2D eigenvalue weighted by molar-refractivity contribution is -0.0677. The lowest BCUT2D eigenvalue weighted by atomic mass is 9.74. The molecule has 30 heavy (non-hydrogen) atoms. The third-order valence-corrected chi connectivity index (χ3v) is 7.21. The van der Waals surface area contributed by atoms with Crippen molar-refractivity contribution >= 4 is 0 Å². The molecular weight excluding hydrogens is 372 g/mol. The van der Waals surface area contributed by atoms with Crippen LogP contribution in [0.15, 0.2) is 24.3 Å². The van der Waals surface area contributed by atoms with E-state index in [1.165, 1.54) is 44.3 Å². The van der Waals surface area contributed by atoms with Gasteiger partial charge in [-0.25, -0.2) is 0 Å². The molecule has 0 aromatic heterocycles. The van der Waals surface area contributed by atoms with Gasteiger partial charge in [-0.2, -0.15) is 0 Å². The molecular formula is C26H38N2O2. The van der Waals surface area contributed by atoms with Gasteiger partial charge in [0.15, 0.2) is 0 Å². The van der Waals surface area contributed by atoms with E-state index in [9.17, 15) is 5.11 Å². The number of benzene rings is 1. The lowest BCUT2D eigenvalue weighted by Crippen LogP contribution is -2.67. The molecule has 0 amide bonds. The van der Waals surface area contributed by atoms with Gasteiger partial charge in [0, 0.05) is 56.3 Å². The molecule has 3 aliphatic rings. The van der Waals surface area contributed by atoms with Gasteiger partial charge in [-0.1, -0.05) is 30.9 Å². The standard InChI is InChI=1S/C26H38N2O2/c1-2-3-4-7-21-8-10-23(11-9-21)26-24-19-27(18-22-12-16-30-17-13-22)14-5-6-15-28(24)25(26)20-29/h8-11,22,24-26,29H,2-3,5-6,12-20H2,1H3/t24-,25+,26-/m0/s1. The summed E-state index contributed by atoms with van der Waals surface area (Å²) in [6, 6.07) is 9.61. The van der Waals surface area contributed by atoms with Gasteiger partial charge in [-0.05, 0) is 68.8 Å². The van der Waals surface area contributed by atoms with Crippen molar-refractivity contribution in [3.63, 3.8) is 0 Å². The Balaban J connectivity index is 1.46. The molecule has 1 N–H and O–H groups in total. The minimum absolute atomic E-state index is 0.249. The van der Waals surface area contributed by atoms with Crippen molar-refractivity contribution in [3.05, 3.63) is 35.4 Å². The second kappa shape index (κ2) is 10.8. The molecule has 0 bridgehead atoms. The molecule has 3 heterocycles. The van der Waals surface area contributed by atoms with Gasteiger partial charge in [0.05, 0.1) is 6.61 Å². The summed E-state index contributed by atoms with van der Waals surface area (Å²) in [6.07, 6.45) is 6.96. The molecule has 0 unspecified atom stereocenters. The molecule has 3 saturated heterocycles. The molecule has 0 aliphatic carbocycles. The molecule has 1 aromatic carbocycles. The Morgan fingerprint density at radius 1 is 1.10 bits per heavy atom. The highest BCUT2D eigenvalue weighted by Crippen LogP contribution is 2.42. The average Bonchev–Trinajstić information content (AvgIpc) is 2.76. The van der Waals surface area contributed by atoms with E-state index >= 15 is 0 Å². The summed E-state index contributed by atoms with van der Waals surface area (Å²) in [5.74, 6) is 7.71. The molecule has 0 saturated carbocycles. The fourth-order valence-corrected chi connectivity index (χ4v) is 5.55. The predicted molar refractivity (Wildman–Crippen MR) is 122 cm³/mol. The van der Waals surface area contributed by atoms with Crippen LogP contribution in [0.3, 0.4) is 0 Å². The summed E-state index contributed by atoms with van der Waals surface area (Å²) in [5.41, 5.74) is 2.46. The monoisotopic (exact) mass is 410 g/mol. The summed E-state index contributed by atoms with van der Waals surface area (Å²) >= 11 is 0. The molecule has 3 atom stereocenters. The molecule has 0 radical (unpaired) electrons. The molecule has 4 heteroatoms. The first-order chi connectivity index (χ1) is 14.8. The summed E-state index contributed by atoms with van der Waals surface area (Å²) < 4.78 is 5.56. The van der Waals surface area contributed by atoms with Crippen LogP contribution in [0.4, 0.5) is 0 Å². The Labute approximate surface area is 182 Å². The highest BCUT2D eigenvalue weighted by molar-refractivity contribution is 5.39. The minimum Gasteiger partial charge on any atom is -0.395 e. The second-order valence-electron chi connectivity index (χ2n) is 9.28. The van der Waals surface area contributed by atoms with E-state index in [1.54, 1.807) is 0 Å². The van der Waals surface area contributed by atoms with E-state index in [2.05, 4.69) is 52.8 Å². The fourth-order valence-electron chi connectivity index (χ4n) is 5.55. The van der Waals surface area contributed by atoms with E-state index in [0.717, 1.165) is 50.6 Å². The van der Waals surface area contributed by atoms with Crippen molar-refractivity contribution in [3.8, 4) is 11.8 Å². The number of aliphatic hydroxyl groups is 1. The van der Waals surface area contributed by atoms with Crippen molar-refractivity contribution in [1.82, 2.24) is 9.80 Å². The molecule has 3 aliphatic heterocycles. The Hall–Kier alpha value is -1.38. The zero-order chi connectivity index (χ0) is 20.8. The van der Waals surface area contributed by atoms with E-state index in [4.69, 9.17) is 4.74 Å². The number of nitrogens with zero attached hydrogens (tertiary/aromatic N) is 2. The number of hydrogen-bond donors (Lipinski definition) is 1. The van der Waals surface area contributed by atoms with E-state index in [1.807, 2.05) is 0 Å². The number of ether oxygens (including phenoxy) is 1. The van der Waals surface area contributed by atoms with Gasteiger partial charge in [-0.3, -0.25) is 4.90 Å². The zero-order valence-corrected chi connectivity index (χ0v) is 18.6. The van der Waals surface area contributed by atoms with Gasteiger partial charge in [-0.15, -0.1) is 0 Å². The van der Waals surface area contributed by atoms with Crippen LogP contribution in [0, 0.1) is 17.8 Å². The topological polar surface area (TPSA) is 35.9 Å². The number of unbranched alkanes of at least 4 members (excludes halogenated alkanes) is 1. The number of rotatable bonds is 5.